The van der Waals surface area contributed by atoms with Crippen molar-refractivity contribution in [2.45, 2.75) is 196 Å². The van der Waals surface area contributed by atoms with Crippen LogP contribution in [-0.4, -0.2) is 189 Å². The van der Waals surface area contributed by atoms with Crippen LogP contribution in [0.4, 0.5) is 0 Å². The second kappa shape index (κ2) is 39.4. The van der Waals surface area contributed by atoms with Gasteiger partial charge >= 0.3 is 0 Å². The first kappa shape index (κ1) is 82.4. The summed E-state index contributed by atoms with van der Waals surface area (Å²) in [6.07, 6.45) is 5.16. The number of H-pyrrole nitrogens is 2. The van der Waals surface area contributed by atoms with Crippen LogP contribution in [0.3, 0.4) is 0 Å². The van der Waals surface area contributed by atoms with Crippen molar-refractivity contribution in [3.05, 3.63) is 144 Å². The largest absolute Gasteiger partial charge is 0.370 e. The van der Waals surface area contributed by atoms with E-state index >= 15 is 19.2 Å². The number of unbranched alkanes of at least 4 members (excludes halogenated alkanes) is 1. The zero-order valence-electron chi connectivity index (χ0n) is 61.7. The monoisotopic (exact) mass is 1490 g/mol. The van der Waals surface area contributed by atoms with E-state index in [1.165, 1.54) is 23.6 Å². The Hall–Kier alpha value is -11.2. The minimum atomic E-state index is -1.62. The summed E-state index contributed by atoms with van der Waals surface area (Å²) in [6, 6.07) is 19.1. The molecule has 0 saturated carbocycles. The van der Waals surface area contributed by atoms with Gasteiger partial charge < -0.3 is 96.7 Å². The van der Waals surface area contributed by atoms with E-state index in [0.29, 0.717) is 78.2 Å². The van der Waals surface area contributed by atoms with Crippen molar-refractivity contribution in [3.63, 3.8) is 0 Å². The molecule has 22 N–H and O–H groups in total. The van der Waals surface area contributed by atoms with Crippen LogP contribution in [0.1, 0.15) is 127 Å². The summed E-state index contributed by atoms with van der Waals surface area (Å²) in [6.45, 7) is 7.49. The van der Waals surface area contributed by atoms with Crippen molar-refractivity contribution in [2.24, 2.45) is 45.3 Å². The molecule has 31 heteroatoms. The number of rotatable bonds is 40. The lowest BCUT2D eigenvalue weighted by molar-refractivity contribution is -0.144. The number of hydrogen-bond donors (Lipinski definition) is 16. The standard InChI is InChI=1S/C77H105N19O12/c1-45(2)38-57(70(103)94-77(3,4)75(81)108)89-68(101)61(42-49-44-86-54-28-14-12-25-51(49)54)92-67(100)58(39-46-20-7-5-8-21-46)90-69(102)60(41-48-43-85-53-27-13-11-24-50(48)53)91-65(98)55(32-33-64(80)97)87-66(99)59(40-47-22-9-6-10-23-47)93-72(105)63-31-19-37-96(63)74(107)56(29-15-16-34-78)88-71(104)62-30-18-36-95(62)73(106)52(79)26-17-35-84-76(82)83/h5-14,20-25,27-28,43-45,52,55-63,85-86H,15-19,26,29-42,78-79H2,1-4H3,(H2,80,97)(H2,81,108)(H,87,99)(H,88,104)(H,89,101)(H,90,102)(H,91,98)(H,92,100)(H,93,105)(H,94,103)(H4,82,83,84)/t52-,55+,56+,57+,58+,59-,60-,61-,62+,63+/m1/s1. The zero-order chi connectivity index (χ0) is 78.2. The Balaban J connectivity index is 1.06. The molecule has 0 radical (unpaired) electrons. The molecular weight excluding hydrogens is 1380 g/mol. The topological polar surface area (TPSA) is 508 Å². The van der Waals surface area contributed by atoms with E-state index in [1.807, 2.05) is 56.3 Å². The highest BCUT2D eigenvalue weighted by Crippen LogP contribution is 2.26. The number of aliphatic imine (C=N–C) groups is 1. The first-order chi connectivity index (χ1) is 51.6. The highest BCUT2D eigenvalue weighted by molar-refractivity contribution is 6.01. The molecule has 12 amide bonds. The van der Waals surface area contributed by atoms with Gasteiger partial charge in [-0.1, -0.05) is 111 Å². The molecule has 4 aromatic carbocycles. The fourth-order valence-electron chi connectivity index (χ4n) is 13.6. The SMILES string of the molecule is CC(C)C[C@H](NC(=O)[C@@H](Cc1c[nH]c2ccccc12)NC(=O)[C@H](Cc1ccccc1)NC(=O)[C@@H](Cc1c[nH]c2ccccc12)NC(=O)[C@H](CCC(N)=O)NC(=O)[C@@H](Cc1ccccc1)NC(=O)[C@@H]1CCCN1C(=O)[C@H](CCCCN)NC(=O)[C@@H]1CCCN1C(=O)[C@H](N)CCCN=C(N)N)C(=O)NC(C)(C)C(N)=O. The van der Waals surface area contributed by atoms with E-state index < -0.39 is 150 Å². The van der Waals surface area contributed by atoms with Crippen molar-refractivity contribution in [3.8, 4) is 0 Å². The van der Waals surface area contributed by atoms with Crippen LogP contribution in [0.2, 0.25) is 0 Å². The molecule has 2 aliphatic heterocycles. The quantitative estimate of drug-likeness (QED) is 0.0141. The molecular formula is C77H105N19O12. The van der Waals surface area contributed by atoms with Crippen LogP contribution in [0.15, 0.2) is 127 Å². The van der Waals surface area contributed by atoms with Gasteiger partial charge in [0.15, 0.2) is 5.96 Å². The van der Waals surface area contributed by atoms with Gasteiger partial charge in [-0.25, -0.2) is 0 Å². The Morgan fingerprint density at radius 1 is 0.500 bits per heavy atom. The number of fused-ring (bicyclic) bond motifs is 2. The lowest BCUT2D eigenvalue weighted by atomic mass is 9.98. The highest BCUT2D eigenvalue weighted by atomic mass is 16.2. The van der Waals surface area contributed by atoms with Gasteiger partial charge in [0, 0.05) is 85.9 Å². The Morgan fingerprint density at radius 2 is 0.935 bits per heavy atom. The number of likely N-dealkylation sites (tertiary alicyclic amines) is 2. The molecule has 2 fully saturated rings. The first-order valence-electron chi connectivity index (χ1n) is 36.9. The average molecular weight is 1490 g/mol. The van der Waals surface area contributed by atoms with E-state index in [2.05, 4.69) is 57.5 Å². The van der Waals surface area contributed by atoms with Crippen LogP contribution in [0, 0.1) is 5.92 Å². The summed E-state index contributed by atoms with van der Waals surface area (Å²) in [4.78, 5) is 186. The molecule has 2 aliphatic rings. The van der Waals surface area contributed by atoms with Crippen molar-refractivity contribution < 1.29 is 57.5 Å². The summed E-state index contributed by atoms with van der Waals surface area (Å²) in [5.41, 5.74) is 36.7. The number of para-hydroxylation sites is 2. The molecule has 8 rings (SSSR count). The van der Waals surface area contributed by atoms with Crippen LogP contribution in [0.25, 0.3) is 21.8 Å². The van der Waals surface area contributed by atoms with E-state index in [0.717, 1.165) is 10.9 Å². The van der Waals surface area contributed by atoms with Crippen LogP contribution >= 0.6 is 0 Å². The van der Waals surface area contributed by atoms with Gasteiger partial charge in [-0.2, -0.15) is 0 Å². The lowest BCUT2D eigenvalue weighted by Crippen LogP contribution is -2.62. The second-order valence-corrected chi connectivity index (χ2v) is 28.8. The van der Waals surface area contributed by atoms with Gasteiger partial charge in [0.1, 0.15) is 59.9 Å². The fourth-order valence-corrected chi connectivity index (χ4v) is 13.6. The number of nitrogens with two attached hydrogens (primary N) is 6. The molecule has 31 nitrogen and oxygen atoms in total. The number of aromatic amines is 2. The molecule has 10 atom stereocenters. The molecule has 4 heterocycles. The molecule has 0 bridgehead atoms. The third-order valence-electron chi connectivity index (χ3n) is 19.5. The first-order valence-corrected chi connectivity index (χ1v) is 36.9. The molecule has 0 aliphatic carbocycles. The van der Waals surface area contributed by atoms with Crippen molar-refractivity contribution in [1.29, 1.82) is 0 Å². The molecule has 6 aromatic rings. The average Bonchev–Trinajstić information content (AvgIpc) is 1.63. The van der Waals surface area contributed by atoms with Crippen LogP contribution in [0.5, 0.6) is 0 Å². The van der Waals surface area contributed by atoms with Gasteiger partial charge in [0.2, 0.25) is 70.9 Å². The molecule has 2 aromatic heterocycles. The number of guanidine groups is 1. The van der Waals surface area contributed by atoms with E-state index in [-0.39, 0.29) is 82.9 Å². The van der Waals surface area contributed by atoms with E-state index in [4.69, 9.17) is 34.4 Å². The smallest absolute Gasteiger partial charge is 0.245 e. The Bertz CT molecular complexity index is 4160. The molecule has 108 heavy (non-hydrogen) atoms. The van der Waals surface area contributed by atoms with Crippen LogP contribution in [-0.2, 0) is 83.2 Å². The van der Waals surface area contributed by atoms with E-state index in [9.17, 15) is 38.4 Å². The normalized spacial score (nSPS) is 16.5. The number of carbonyl (C=O) groups is 12. The predicted octanol–water partition coefficient (Wildman–Crippen LogP) is 0.497. The van der Waals surface area contributed by atoms with Gasteiger partial charge in [-0.15, -0.1) is 0 Å². The number of nitrogens with zero attached hydrogens (tertiary/aromatic N) is 3. The number of hydrogen-bond acceptors (Lipinski definition) is 15. The van der Waals surface area contributed by atoms with Gasteiger partial charge in [-0.05, 0) is 131 Å². The maximum absolute atomic E-state index is 15.5. The number of aromatic nitrogens is 2. The Kier molecular flexibility index (Phi) is 30.1. The minimum absolute atomic E-state index is 0.0930. The third-order valence-corrected chi connectivity index (χ3v) is 19.5. The number of primary amides is 2. The molecule has 580 valence electrons. The van der Waals surface area contributed by atoms with E-state index in [1.54, 1.807) is 79.1 Å². The number of benzene rings is 4. The Labute approximate surface area is 627 Å². The third kappa shape index (κ3) is 23.4. The minimum Gasteiger partial charge on any atom is -0.370 e. The molecule has 0 unspecified atom stereocenters. The lowest BCUT2D eigenvalue weighted by Gasteiger charge is -2.32. The van der Waals surface area contributed by atoms with Crippen molar-refractivity contribution >= 4 is 98.7 Å². The van der Waals surface area contributed by atoms with Gasteiger partial charge in [-0.3, -0.25) is 62.5 Å². The van der Waals surface area contributed by atoms with Crippen LogP contribution < -0.4 is 76.9 Å². The molecule has 2 saturated heterocycles. The number of amides is 12. The van der Waals surface area contributed by atoms with Gasteiger partial charge in [0.05, 0.1) is 6.04 Å². The summed E-state index contributed by atoms with van der Waals surface area (Å²) >= 11 is 0. The predicted molar refractivity (Wildman–Crippen MR) is 407 cm³/mol. The second-order valence-electron chi connectivity index (χ2n) is 28.8. The summed E-state index contributed by atoms with van der Waals surface area (Å²) in [5, 5.41) is 23.9. The summed E-state index contributed by atoms with van der Waals surface area (Å²) in [7, 11) is 0. The zero-order valence-corrected chi connectivity index (χ0v) is 61.7. The van der Waals surface area contributed by atoms with Crippen molar-refractivity contribution in [1.82, 2.24) is 62.3 Å². The number of nitrogens with one attached hydrogen (secondary N) is 10. The summed E-state index contributed by atoms with van der Waals surface area (Å²) < 4.78 is 0. The maximum atomic E-state index is 15.5. The highest BCUT2D eigenvalue weighted by Gasteiger charge is 2.43. The molecule has 0 spiro atoms. The van der Waals surface area contributed by atoms with Gasteiger partial charge in [0.25, 0.3) is 0 Å². The number of carbonyl (C=O) groups excluding carboxylic acids is 12. The summed E-state index contributed by atoms with van der Waals surface area (Å²) in [5.74, 6) is -9.22. The fraction of sp³-hybridized carbons (Fsp3) is 0.468. The van der Waals surface area contributed by atoms with Crippen molar-refractivity contribution in [2.75, 3.05) is 26.2 Å². The Morgan fingerprint density at radius 3 is 1.41 bits per heavy atom. The maximum Gasteiger partial charge on any atom is 0.245 e.